The SMILES string of the molecule is Nc1nc(C(=O)Nc2cnc(Cl)c(Br)c2)cs1. The van der Waals surface area contributed by atoms with Crippen molar-refractivity contribution in [1.82, 2.24) is 9.97 Å². The Bertz CT molecular complexity index is 574. The van der Waals surface area contributed by atoms with Crippen molar-refractivity contribution in [1.29, 1.82) is 0 Å². The van der Waals surface area contributed by atoms with E-state index in [1.807, 2.05) is 0 Å². The molecule has 2 aromatic rings. The highest BCUT2D eigenvalue weighted by Gasteiger charge is 2.10. The lowest BCUT2D eigenvalue weighted by molar-refractivity contribution is 0.102. The summed E-state index contributed by atoms with van der Waals surface area (Å²) < 4.78 is 0.606. The summed E-state index contributed by atoms with van der Waals surface area (Å²) in [5.74, 6) is -0.339. The number of hydrogen-bond acceptors (Lipinski definition) is 5. The average Bonchev–Trinajstić information content (AvgIpc) is 2.70. The van der Waals surface area contributed by atoms with Crippen LogP contribution in [-0.2, 0) is 0 Å². The summed E-state index contributed by atoms with van der Waals surface area (Å²) in [7, 11) is 0. The van der Waals surface area contributed by atoms with Crippen LogP contribution in [0.2, 0.25) is 5.15 Å². The molecule has 0 aromatic carbocycles. The number of anilines is 2. The number of pyridine rings is 1. The van der Waals surface area contributed by atoms with Gasteiger partial charge in [0, 0.05) is 5.38 Å². The molecule has 8 heteroatoms. The Balaban J connectivity index is 2.15. The molecule has 0 bridgehead atoms. The van der Waals surface area contributed by atoms with Crippen LogP contribution in [0.1, 0.15) is 10.5 Å². The Morgan fingerprint density at radius 3 is 2.94 bits per heavy atom. The van der Waals surface area contributed by atoms with Gasteiger partial charge in [0.25, 0.3) is 5.91 Å². The molecule has 0 saturated heterocycles. The monoisotopic (exact) mass is 332 g/mol. The van der Waals surface area contributed by atoms with E-state index in [4.69, 9.17) is 17.3 Å². The lowest BCUT2D eigenvalue weighted by atomic mass is 10.4. The molecule has 0 aliphatic rings. The molecular weight excluding hydrogens is 328 g/mol. The Kier molecular flexibility index (Phi) is 3.60. The predicted octanol–water partition coefficient (Wildman–Crippen LogP) is 2.79. The molecule has 0 unspecified atom stereocenters. The van der Waals surface area contributed by atoms with E-state index in [1.165, 1.54) is 17.5 Å². The first-order chi connectivity index (χ1) is 8.06. The number of nitrogen functional groups attached to an aromatic ring is 1. The third-order valence-corrected chi connectivity index (χ3v) is 3.62. The van der Waals surface area contributed by atoms with Gasteiger partial charge in [0.2, 0.25) is 0 Å². The number of nitrogens with one attached hydrogen (secondary N) is 1. The molecule has 0 spiro atoms. The summed E-state index contributed by atoms with van der Waals surface area (Å²) in [6, 6.07) is 1.66. The first-order valence-corrected chi connectivity index (χ1v) is 6.44. The minimum atomic E-state index is -0.339. The van der Waals surface area contributed by atoms with E-state index in [0.717, 1.165) is 0 Å². The Morgan fingerprint density at radius 2 is 2.35 bits per heavy atom. The standard InChI is InChI=1S/C9H6BrClN4OS/c10-5-1-4(2-13-7(5)11)14-8(16)6-3-17-9(12)15-6/h1-3H,(H2,12,15)(H,14,16). The van der Waals surface area contributed by atoms with Gasteiger partial charge >= 0.3 is 0 Å². The van der Waals surface area contributed by atoms with E-state index in [2.05, 4.69) is 31.2 Å². The van der Waals surface area contributed by atoms with Crippen molar-refractivity contribution in [2.24, 2.45) is 0 Å². The Hall–Kier alpha value is -1.18. The summed E-state index contributed by atoms with van der Waals surface area (Å²) >= 11 is 10.2. The topological polar surface area (TPSA) is 80.9 Å². The highest BCUT2D eigenvalue weighted by atomic mass is 79.9. The van der Waals surface area contributed by atoms with Crippen LogP contribution in [0.25, 0.3) is 0 Å². The van der Waals surface area contributed by atoms with Crippen molar-refractivity contribution in [3.8, 4) is 0 Å². The van der Waals surface area contributed by atoms with Gasteiger partial charge in [-0.25, -0.2) is 9.97 Å². The number of thiazole rings is 1. The summed E-state index contributed by atoms with van der Waals surface area (Å²) in [5, 5.41) is 4.91. The fourth-order valence-electron chi connectivity index (χ4n) is 1.08. The number of hydrogen-bond donors (Lipinski definition) is 2. The van der Waals surface area contributed by atoms with Gasteiger partial charge in [-0.05, 0) is 22.0 Å². The summed E-state index contributed by atoms with van der Waals surface area (Å²) in [4.78, 5) is 19.5. The van der Waals surface area contributed by atoms with Gasteiger partial charge in [0.05, 0.1) is 16.4 Å². The van der Waals surface area contributed by atoms with Gasteiger partial charge in [0.15, 0.2) is 5.13 Å². The van der Waals surface area contributed by atoms with Crippen LogP contribution in [0, 0.1) is 0 Å². The van der Waals surface area contributed by atoms with Crippen molar-refractivity contribution >= 4 is 55.6 Å². The van der Waals surface area contributed by atoms with E-state index in [1.54, 1.807) is 11.4 Å². The van der Waals surface area contributed by atoms with Crippen LogP contribution in [0.3, 0.4) is 0 Å². The number of carbonyl (C=O) groups is 1. The molecule has 2 rings (SSSR count). The highest BCUT2D eigenvalue weighted by Crippen LogP contribution is 2.23. The first-order valence-electron chi connectivity index (χ1n) is 4.39. The number of carbonyl (C=O) groups excluding carboxylic acids is 1. The van der Waals surface area contributed by atoms with Gasteiger partial charge in [0.1, 0.15) is 10.8 Å². The summed E-state index contributed by atoms with van der Waals surface area (Å²) in [5.41, 5.74) is 6.25. The van der Waals surface area contributed by atoms with Crippen LogP contribution in [0.4, 0.5) is 10.8 Å². The third kappa shape index (κ3) is 2.93. The van der Waals surface area contributed by atoms with Gasteiger partial charge in [-0.1, -0.05) is 11.6 Å². The van der Waals surface area contributed by atoms with E-state index in [0.29, 0.717) is 20.4 Å². The summed E-state index contributed by atoms with van der Waals surface area (Å²) in [6.07, 6.45) is 1.46. The highest BCUT2D eigenvalue weighted by molar-refractivity contribution is 9.10. The Morgan fingerprint density at radius 1 is 1.59 bits per heavy atom. The fraction of sp³-hybridized carbons (Fsp3) is 0. The minimum absolute atomic E-state index is 0.276. The number of nitrogens with two attached hydrogens (primary N) is 1. The van der Waals surface area contributed by atoms with Crippen LogP contribution >= 0.6 is 38.9 Å². The van der Waals surface area contributed by atoms with Crippen LogP contribution in [-0.4, -0.2) is 15.9 Å². The predicted molar refractivity (Wildman–Crippen MR) is 71.4 cm³/mol. The molecule has 88 valence electrons. The maximum absolute atomic E-state index is 11.7. The van der Waals surface area contributed by atoms with Crippen LogP contribution < -0.4 is 11.1 Å². The van der Waals surface area contributed by atoms with E-state index >= 15 is 0 Å². The molecule has 0 atom stereocenters. The molecule has 0 aliphatic carbocycles. The fourth-order valence-corrected chi connectivity index (χ4v) is 2.07. The molecule has 17 heavy (non-hydrogen) atoms. The largest absolute Gasteiger partial charge is 0.375 e. The maximum Gasteiger partial charge on any atom is 0.275 e. The second kappa shape index (κ2) is 4.99. The van der Waals surface area contributed by atoms with E-state index in [-0.39, 0.29) is 11.6 Å². The Labute approximate surface area is 114 Å². The van der Waals surface area contributed by atoms with E-state index in [9.17, 15) is 4.79 Å². The van der Waals surface area contributed by atoms with Gasteiger partial charge in [-0.15, -0.1) is 11.3 Å². The van der Waals surface area contributed by atoms with Crippen molar-refractivity contribution in [2.45, 2.75) is 0 Å². The minimum Gasteiger partial charge on any atom is -0.375 e. The van der Waals surface area contributed by atoms with Crippen molar-refractivity contribution in [3.63, 3.8) is 0 Å². The molecule has 5 nitrogen and oxygen atoms in total. The molecule has 2 aromatic heterocycles. The molecule has 0 aliphatic heterocycles. The molecular formula is C9H6BrClN4OS. The normalized spacial score (nSPS) is 10.2. The molecule has 1 amide bonds. The number of nitrogens with zero attached hydrogens (tertiary/aromatic N) is 2. The molecule has 2 heterocycles. The smallest absolute Gasteiger partial charge is 0.275 e. The van der Waals surface area contributed by atoms with Gasteiger partial charge in [-0.2, -0.15) is 0 Å². The van der Waals surface area contributed by atoms with E-state index < -0.39 is 0 Å². The summed E-state index contributed by atoms with van der Waals surface area (Å²) in [6.45, 7) is 0. The van der Waals surface area contributed by atoms with Crippen molar-refractivity contribution in [3.05, 3.63) is 33.0 Å². The molecule has 0 fully saturated rings. The molecule has 0 radical (unpaired) electrons. The van der Waals surface area contributed by atoms with Gasteiger partial charge < -0.3 is 11.1 Å². The second-order valence-corrected chi connectivity index (χ2v) is 5.12. The van der Waals surface area contributed by atoms with Crippen molar-refractivity contribution in [2.75, 3.05) is 11.1 Å². The van der Waals surface area contributed by atoms with Crippen LogP contribution in [0.15, 0.2) is 22.1 Å². The lowest BCUT2D eigenvalue weighted by Gasteiger charge is -2.03. The van der Waals surface area contributed by atoms with Crippen molar-refractivity contribution < 1.29 is 4.79 Å². The zero-order valence-electron chi connectivity index (χ0n) is 8.28. The number of halogens is 2. The average molecular weight is 334 g/mol. The number of aromatic nitrogens is 2. The lowest BCUT2D eigenvalue weighted by Crippen LogP contribution is -2.12. The van der Waals surface area contributed by atoms with Gasteiger partial charge in [-0.3, -0.25) is 4.79 Å². The number of amides is 1. The quantitative estimate of drug-likeness (QED) is 0.828. The maximum atomic E-state index is 11.7. The number of rotatable bonds is 2. The molecule has 3 N–H and O–H groups in total. The molecule has 0 saturated carbocycles. The van der Waals surface area contributed by atoms with Crippen LogP contribution in [0.5, 0.6) is 0 Å². The zero-order chi connectivity index (χ0) is 12.4. The third-order valence-electron chi connectivity index (χ3n) is 1.81. The zero-order valence-corrected chi connectivity index (χ0v) is 11.4. The second-order valence-electron chi connectivity index (χ2n) is 3.02. The first kappa shape index (κ1) is 12.3.